The van der Waals surface area contributed by atoms with Crippen molar-refractivity contribution in [1.29, 1.82) is 0 Å². The Morgan fingerprint density at radius 2 is 2.00 bits per heavy atom. The monoisotopic (exact) mass is 317 g/mol. The first-order valence-corrected chi connectivity index (χ1v) is 8.84. The van der Waals surface area contributed by atoms with E-state index >= 15 is 0 Å². The van der Waals surface area contributed by atoms with Crippen molar-refractivity contribution in [2.75, 3.05) is 13.1 Å². The van der Waals surface area contributed by atoms with E-state index in [0.29, 0.717) is 18.1 Å². The first-order valence-electron chi connectivity index (χ1n) is 8.84. The molecule has 4 nitrogen and oxygen atoms in total. The average Bonchev–Trinajstić information content (AvgIpc) is 3.22. The van der Waals surface area contributed by atoms with E-state index in [-0.39, 0.29) is 18.8 Å². The molecule has 1 aromatic rings. The van der Waals surface area contributed by atoms with Crippen molar-refractivity contribution in [3.05, 3.63) is 34.4 Å². The molecule has 3 aliphatic heterocycles. The van der Waals surface area contributed by atoms with Crippen LogP contribution in [0.15, 0.2) is 12.1 Å². The summed E-state index contributed by atoms with van der Waals surface area (Å²) in [7, 11) is 0. The summed E-state index contributed by atoms with van der Waals surface area (Å²) in [6, 6.07) is 4.63. The van der Waals surface area contributed by atoms with Crippen LogP contribution in [0.1, 0.15) is 55.0 Å². The van der Waals surface area contributed by atoms with Gasteiger partial charge in [0.1, 0.15) is 5.60 Å². The third-order valence-electron chi connectivity index (χ3n) is 5.84. The van der Waals surface area contributed by atoms with Crippen LogP contribution >= 0.6 is 0 Å². The van der Waals surface area contributed by atoms with Crippen molar-refractivity contribution in [2.24, 2.45) is 5.92 Å². The number of piperidine rings is 1. The Kier molecular flexibility index (Phi) is 3.76. The Morgan fingerprint density at radius 3 is 2.70 bits per heavy atom. The van der Waals surface area contributed by atoms with Crippen molar-refractivity contribution < 1.29 is 14.9 Å². The molecule has 1 aromatic carbocycles. The largest absolute Gasteiger partial charge is 0.392 e. The molecule has 3 aliphatic rings. The molecular weight excluding hydrogens is 290 g/mol. The predicted molar refractivity (Wildman–Crippen MR) is 88.0 cm³/mol. The van der Waals surface area contributed by atoms with Crippen LogP contribution < -0.4 is 0 Å². The van der Waals surface area contributed by atoms with E-state index in [1.54, 1.807) is 0 Å². The number of aliphatic hydroxyl groups is 2. The maximum atomic E-state index is 9.60. The summed E-state index contributed by atoms with van der Waals surface area (Å²) in [6.07, 6.45) is 3.63. The van der Waals surface area contributed by atoms with Crippen LogP contribution in [0.3, 0.4) is 0 Å². The van der Waals surface area contributed by atoms with Gasteiger partial charge in [-0.3, -0.25) is 4.90 Å². The van der Waals surface area contributed by atoms with E-state index in [0.717, 1.165) is 43.5 Å². The fourth-order valence-electron chi connectivity index (χ4n) is 4.80. The first-order chi connectivity index (χ1) is 11.1. The fourth-order valence-corrected chi connectivity index (χ4v) is 4.80. The van der Waals surface area contributed by atoms with Gasteiger partial charge in [0.2, 0.25) is 0 Å². The Bertz CT molecular complexity index is 615. The van der Waals surface area contributed by atoms with E-state index in [9.17, 15) is 10.2 Å². The van der Waals surface area contributed by atoms with Crippen LogP contribution in [0.5, 0.6) is 0 Å². The van der Waals surface area contributed by atoms with Crippen molar-refractivity contribution >= 4 is 0 Å². The predicted octanol–water partition coefficient (Wildman–Crippen LogP) is 2.16. The fraction of sp³-hybridized carbons (Fsp3) is 0.684. The highest BCUT2D eigenvalue weighted by Gasteiger charge is 2.61. The minimum Gasteiger partial charge on any atom is -0.392 e. The first kappa shape index (κ1) is 15.6. The van der Waals surface area contributed by atoms with Gasteiger partial charge in [-0.1, -0.05) is 26.0 Å². The number of ether oxygens (including phenoxy) is 1. The zero-order valence-electron chi connectivity index (χ0n) is 14.1. The lowest BCUT2D eigenvalue weighted by Crippen LogP contribution is -2.47. The van der Waals surface area contributed by atoms with E-state index < -0.39 is 0 Å². The molecule has 3 heterocycles. The summed E-state index contributed by atoms with van der Waals surface area (Å²) >= 11 is 0. The summed E-state index contributed by atoms with van der Waals surface area (Å²) < 4.78 is 6.15. The summed E-state index contributed by atoms with van der Waals surface area (Å²) in [5.41, 5.74) is 4.51. The highest BCUT2D eigenvalue weighted by atomic mass is 16.6. The molecule has 2 N–H and O–H groups in total. The van der Waals surface area contributed by atoms with E-state index in [1.807, 2.05) is 0 Å². The molecule has 0 spiro atoms. The lowest BCUT2D eigenvalue weighted by atomic mass is 9.80. The summed E-state index contributed by atoms with van der Waals surface area (Å²) in [6.45, 7) is 6.64. The summed E-state index contributed by atoms with van der Waals surface area (Å²) in [4.78, 5) is 2.58. The van der Waals surface area contributed by atoms with Gasteiger partial charge in [-0.2, -0.15) is 0 Å². The molecule has 126 valence electrons. The molecule has 0 aliphatic carbocycles. The number of rotatable bonds is 4. The summed E-state index contributed by atoms with van der Waals surface area (Å²) in [5.74, 6) is 0.668. The number of fused-ring (bicyclic) bond motifs is 4. The van der Waals surface area contributed by atoms with Crippen LogP contribution in [0.4, 0.5) is 0 Å². The normalized spacial score (nSPS) is 32.4. The smallest absolute Gasteiger partial charge is 0.108 e. The number of hydrogen-bond donors (Lipinski definition) is 2. The Balaban J connectivity index is 1.62. The van der Waals surface area contributed by atoms with Crippen LogP contribution in [0, 0.1) is 5.92 Å². The molecule has 2 saturated heterocycles. The van der Waals surface area contributed by atoms with E-state index in [4.69, 9.17) is 4.74 Å². The third-order valence-corrected chi connectivity index (χ3v) is 5.84. The molecule has 2 fully saturated rings. The quantitative estimate of drug-likeness (QED) is 0.836. The van der Waals surface area contributed by atoms with Crippen LogP contribution in [-0.4, -0.2) is 39.9 Å². The number of aliphatic hydroxyl groups excluding tert-OH is 2. The van der Waals surface area contributed by atoms with Gasteiger partial charge in [-0.25, -0.2) is 0 Å². The third kappa shape index (κ3) is 2.52. The van der Waals surface area contributed by atoms with Crippen LogP contribution in [-0.2, 0) is 24.4 Å². The van der Waals surface area contributed by atoms with Gasteiger partial charge in [-0.05, 0) is 47.4 Å². The molecule has 0 radical (unpaired) electrons. The highest BCUT2D eigenvalue weighted by molar-refractivity contribution is 5.42. The van der Waals surface area contributed by atoms with Crippen LogP contribution in [0.2, 0.25) is 0 Å². The van der Waals surface area contributed by atoms with Gasteiger partial charge in [0.25, 0.3) is 0 Å². The number of hydrogen-bond acceptors (Lipinski definition) is 4. The Hall–Kier alpha value is -0.940. The molecule has 0 amide bonds. The molecule has 23 heavy (non-hydrogen) atoms. The molecule has 0 saturated carbocycles. The molecule has 3 unspecified atom stereocenters. The average molecular weight is 317 g/mol. The molecule has 0 bridgehead atoms. The highest BCUT2D eigenvalue weighted by Crippen LogP contribution is 2.53. The van der Waals surface area contributed by atoms with Gasteiger partial charge in [0, 0.05) is 19.1 Å². The number of benzene rings is 1. The standard InChI is InChI=1S/C19H27NO3/c1-12(2)8-19-11-20-4-3-13-5-14(9-21)15(10-22)6-16(13)17(20)7-18(19)23-19/h5-6,12,17-18,21-22H,3-4,7-11H2,1-2H3. The minimum atomic E-state index is -0.00684. The Labute approximate surface area is 138 Å². The molecule has 0 aromatic heterocycles. The van der Waals surface area contributed by atoms with Gasteiger partial charge in [0.15, 0.2) is 0 Å². The second-order valence-corrected chi connectivity index (χ2v) is 7.88. The SMILES string of the molecule is CC(C)CC12CN3CCc4cc(CO)c(CO)cc4C3CC1O2. The topological polar surface area (TPSA) is 56.2 Å². The van der Waals surface area contributed by atoms with Gasteiger partial charge in [0.05, 0.1) is 19.3 Å². The van der Waals surface area contributed by atoms with Gasteiger partial charge < -0.3 is 14.9 Å². The van der Waals surface area contributed by atoms with Crippen molar-refractivity contribution in [3.63, 3.8) is 0 Å². The second-order valence-electron chi connectivity index (χ2n) is 7.88. The van der Waals surface area contributed by atoms with Crippen LogP contribution in [0.25, 0.3) is 0 Å². The molecule has 4 rings (SSSR count). The number of epoxide rings is 1. The lowest BCUT2D eigenvalue weighted by Gasteiger charge is -2.42. The van der Waals surface area contributed by atoms with E-state index in [1.165, 1.54) is 11.1 Å². The maximum absolute atomic E-state index is 9.60. The van der Waals surface area contributed by atoms with Crippen molar-refractivity contribution in [3.8, 4) is 0 Å². The Morgan fingerprint density at radius 1 is 1.26 bits per heavy atom. The van der Waals surface area contributed by atoms with Crippen molar-refractivity contribution in [1.82, 2.24) is 4.90 Å². The number of nitrogens with zero attached hydrogens (tertiary/aromatic N) is 1. The lowest BCUT2D eigenvalue weighted by molar-refractivity contribution is 0.112. The molecular formula is C19H27NO3. The zero-order chi connectivity index (χ0) is 16.2. The summed E-state index contributed by atoms with van der Waals surface area (Å²) in [5, 5.41) is 19.1. The maximum Gasteiger partial charge on any atom is 0.108 e. The van der Waals surface area contributed by atoms with Gasteiger partial charge >= 0.3 is 0 Å². The minimum absolute atomic E-state index is 0.000784. The van der Waals surface area contributed by atoms with Gasteiger partial charge in [-0.15, -0.1) is 0 Å². The zero-order valence-corrected chi connectivity index (χ0v) is 14.1. The van der Waals surface area contributed by atoms with E-state index in [2.05, 4.69) is 30.9 Å². The second kappa shape index (κ2) is 5.55. The molecule has 4 heteroatoms. The van der Waals surface area contributed by atoms with Crippen molar-refractivity contribution in [2.45, 2.75) is 64.1 Å². The molecule has 3 atom stereocenters.